The summed E-state index contributed by atoms with van der Waals surface area (Å²) in [6.45, 7) is 0. The molecule has 4 heteroatoms. The van der Waals surface area contributed by atoms with Gasteiger partial charge in [-0.15, -0.1) is 0 Å². The molecule has 1 N–H and O–H groups in total. The van der Waals surface area contributed by atoms with Gasteiger partial charge in [0, 0.05) is 10.6 Å². The molecule has 5 rings (SSSR count). The van der Waals surface area contributed by atoms with E-state index in [0.717, 1.165) is 42.6 Å². The number of rotatable bonds is 3. The highest BCUT2D eigenvalue weighted by molar-refractivity contribution is 6.33. The van der Waals surface area contributed by atoms with Crippen molar-refractivity contribution in [3.05, 3.63) is 34.9 Å². The number of carbonyl (C=O) groups excluding carboxylic acids is 1. The first-order valence-corrected chi connectivity index (χ1v) is 8.60. The zero-order valence-corrected chi connectivity index (χ0v) is 13.4. The third kappa shape index (κ3) is 2.45. The minimum Gasteiger partial charge on any atom is -0.273 e. The largest absolute Gasteiger partial charge is 0.273 e. The quantitative estimate of drug-likeness (QED) is 0.664. The first-order valence-electron chi connectivity index (χ1n) is 8.23. The Morgan fingerprint density at radius 1 is 1.14 bits per heavy atom. The first-order chi connectivity index (χ1) is 10.6. The number of hydrazone groups is 1. The van der Waals surface area contributed by atoms with Crippen LogP contribution in [0.4, 0.5) is 0 Å². The van der Waals surface area contributed by atoms with Crippen molar-refractivity contribution in [3.63, 3.8) is 0 Å². The van der Waals surface area contributed by atoms with Gasteiger partial charge in [0.05, 0.1) is 11.6 Å². The monoisotopic (exact) mass is 316 g/mol. The minimum atomic E-state index is -0.146. The summed E-state index contributed by atoms with van der Waals surface area (Å²) in [5.74, 6) is 2.42. The second-order valence-corrected chi connectivity index (χ2v) is 7.83. The van der Waals surface area contributed by atoms with Gasteiger partial charge in [0.2, 0.25) is 5.91 Å². The highest BCUT2D eigenvalue weighted by atomic mass is 35.5. The standard InChI is InChI=1S/C18H21ClN2O/c19-16-4-2-1-3-15(16)11-20-21-17(22)18-8-12-5-13(9-18)7-14(6-12)10-18/h1-4,11-14H,5-10H2,(H,21,22). The predicted octanol–water partition coefficient (Wildman–Crippen LogP) is 4.01. The average Bonchev–Trinajstić information content (AvgIpc) is 2.47. The van der Waals surface area contributed by atoms with Crippen LogP contribution in [0.3, 0.4) is 0 Å². The van der Waals surface area contributed by atoms with Crippen molar-refractivity contribution in [1.82, 2.24) is 5.43 Å². The van der Waals surface area contributed by atoms with Crippen molar-refractivity contribution in [2.45, 2.75) is 38.5 Å². The van der Waals surface area contributed by atoms with Gasteiger partial charge in [-0.2, -0.15) is 5.10 Å². The second-order valence-electron chi connectivity index (χ2n) is 7.42. The molecule has 1 aromatic carbocycles. The summed E-state index contributed by atoms with van der Waals surface area (Å²) in [5.41, 5.74) is 3.47. The molecule has 116 valence electrons. The van der Waals surface area contributed by atoms with E-state index in [0.29, 0.717) is 5.02 Å². The third-order valence-corrected chi connectivity index (χ3v) is 6.14. The fourth-order valence-electron chi connectivity index (χ4n) is 5.25. The summed E-state index contributed by atoms with van der Waals surface area (Å²) >= 11 is 6.09. The molecule has 0 saturated heterocycles. The van der Waals surface area contributed by atoms with E-state index < -0.39 is 0 Å². The number of hydrogen-bond donors (Lipinski definition) is 1. The van der Waals surface area contributed by atoms with Gasteiger partial charge in [-0.25, -0.2) is 5.43 Å². The zero-order valence-electron chi connectivity index (χ0n) is 12.6. The maximum absolute atomic E-state index is 12.7. The number of carbonyl (C=O) groups is 1. The van der Waals surface area contributed by atoms with Gasteiger partial charge in [-0.05, 0) is 62.3 Å². The Hall–Kier alpha value is -1.35. The van der Waals surface area contributed by atoms with Crippen LogP contribution in [0, 0.1) is 23.2 Å². The van der Waals surface area contributed by atoms with Gasteiger partial charge in [0.25, 0.3) is 0 Å². The maximum Gasteiger partial charge on any atom is 0.246 e. The number of hydrogen-bond acceptors (Lipinski definition) is 2. The number of amides is 1. The van der Waals surface area contributed by atoms with E-state index in [1.165, 1.54) is 19.3 Å². The summed E-state index contributed by atoms with van der Waals surface area (Å²) in [5, 5.41) is 4.80. The van der Waals surface area contributed by atoms with E-state index in [2.05, 4.69) is 10.5 Å². The van der Waals surface area contributed by atoms with Crippen LogP contribution in [0.25, 0.3) is 0 Å². The van der Waals surface area contributed by atoms with Crippen LogP contribution in [0.2, 0.25) is 5.02 Å². The van der Waals surface area contributed by atoms with Gasteiger partial charge >= 0.3 is 0 Å². The molecular weight excluding hydrogens is 296 g/mol. The molecule has 0 radical (unpaired) electrons. The Kier molecular flexibility index (Phi) is 3.48. The summed E-state index contributed by atoms with van der Waals surface area (Å²) < 4.78 is 0. The molecule has 0 spiro atoms. The molecule has 4 saturated carbocycles. The SMILES string of the molecule is O=C(NN=Cc1ccccc1Cl)C12CC3CC(CC(C3)C1)C2. The average molecular weight is 317 g/mol. The van der Waals surface area contributed by atoms with Gasteiger partial charge in [-0.1, -0.05) is 29.8 Å². The summed E-state index contributed by atoms with van der Waals surface area (Å²) in [7, 11) is 0. The Labute approximate surface area is 136 Å². The smallest absolute Gasteiger partial charge is 0.246 e. The van der Waals surface area contributed by atoms with Gasteiger partial charge in [0.1, 0.15) is 0 Å². The van der Waals surface area contributed by atoms with Crippen LogP contribution in [-0.2, 0) is 4.79 Å². The first kappa shape index (κ1) is 14.3. The van der Waals surface area contributed by atoms with E-state index in [-0.39, 0.29) is 11.3 Å². The van der Waals surface area contributed by atoms with Crippen LogP contribution in [0.15, 0.2) is 29.4 Å². The molecule has 0 heterocycles. The van der Waals surface area contributed by atoms with Crippen LogP contribution in [-0.4, -0.2) is 12.1 Å². The van der Waals surface area contributed by atoms with Crippen molar-refractivity contribution in [2.24, 2.45) is 28.3 Å². The van der Waals surface area contributed by atoms with E-state index in [1.807, 2.05) is 24.3 Å². The van der Waals surface area contributed by atoms with E-state index in [9.17, 15) is 4.79 Å². The van der Waals surface area contributed by atoms with Crippen molar-refractivity contribution in [3.8, 4) is 0 Å². The zero-order chi connectivity index (χ0) is 15.2. The van der Waals surface area contributed by atoms with Gasteiger partial charge < -0.3 is 0 Å². The molecule has 4 aliphatic carbocycles. The molecule has 0 aliphatic heterocycles. The molecule has 0 atom stereocenters. The van der Waals surface area contributed by atoms with Crippen LogP contribution >= 0.6 is 11.6 Å². The summed E-state index contributed by atoms with van der Waals surface area (Å²) in [4.78, 5) is 12.7. The lowest BCUT2D eigenvalue weighted by molar-refractivity contribution is -0.146. The highest BCUT2D eigenvalue weighted by Crippen LogP contribution is 2.60. The molecule has 0 aromatic heterocycles. The maximum atomic E-state index is 12.7. The lowest BCUT2D eigenvalue weighted by atomic mass is 9.49. The van der Waals surface area contributed by atoms with Crippen LogP contribution in [0.1, 0.15) is 44.1 Å². The molecule has 4 bridgehead atoms. The van der Waals surface area contributed by atoms with Crippen molar-refractivity contribution in [2.75, 3.05) is 0 Å². The normalized spacial score (nSPS) is 36.0. The fourth-order valence-corrected chi connectivity index (χ4v) is 5.43. The number of benzene rings is 1. The molecule has 3 nitrogen and oxygen atoms in total. The molecule has 1 aromatic rings. The molecule has 4 fully saturated rings. The lowest BCUT2D eigenvalue weighted by Gasteiger charge is -2.55. The topological polar surface area (TPSA) is 41.5 Å². The Morgan fingerprint density at radius 3 is 2.32 bits per heavy atom. The van der Waals surface area contributed by atoms with Crippen molar-refractivity contribution in [1.29, 1.82) is 0 Å². The second kappa shape index (κ2) is 5.38. The van der Waals surface area contributed by atoms with E-state index in [4.69, 9.17) is 11.6 Å². The van der Waals surface area contributed by atoms with E-state index in [1.54, 1.807) is 6.21 Å². The predicted molar refractivity (Wildman–Crippen MR) is 87.8 cm³/mol. The molecule has 0 unspecified atom stereocenters. The third-order valence-electron chi connectivity index (χ3n) is 5.79. The fraction of sp³-hybridized carbons (Fsp3) is 0.556. The minimum absolute atomic E-state index is 0.120. The Morgan fingerprint density at radius 2 is 1.73 bits per heavy atom. The summed E-state index contributed by atoms with van der Waals surface area (Å²) in [6.07, 6.45) is 8.85. The Balaban J connectivity index is 1.45. The highest BCUT2D eigenvalue weighted by Gasteiger charge is 2.54. The molecular formula is C18H21ClN2O. The molecule has 1 amide bonds. The lowest BCUT2D eigenvalue weighted by Crippen LogP contribution is -2.52. The molecule has 22 heavy (non-hydrogen) atoms. The molecule has 4 aliphatic rings. The van der Waals surface area contributed by atoms with Crippen LogP contribution in [0.5, 0.6) is 0 Å². The van der Waals surface area contributed by atoms with Crippen LogP contribution < -0.4 is 5.43 Å². The van der Waals surface area contributed by atoms with Crippen molar-refractivity contribution < 1.29 is 4.79 Å². The summed E-state index contributed by atoms with van der Waals surface area (Å²) in [6, 6.07) is 7.51. The number of nitrogens with one attached hydrogen (secondary N) is 1. The van der Waals surface area contributed by atoms with Gasteiger partial charge in [-0.3, -0.25) is 4.79 Å². The van der Waals surface area contributed by atoms with E-state index >= 15 is 0 Å². The number of halogens is 1. The Bertz CT molecular complexity index is 590. The van der Waals surface area contributed by atoms with Gasteiger partial charge in [0.15, 0.2) is 0 Å². The number of nitrogens with zero attached hydrogens (tertiary/aromatic N) is 1. The van der Waals surface area contributed by atoms with Crippen molar-refractivity contribution >= 4 is 23.7 Å².